The molecule has 15 heteroatoms. The molecule has 4 N–H and O–H groups in total. The Balaban J connectivity index is 1.34. The zero-order chi connectivity index (χ0) is 37.8. The maximum absolute atomic E-state index is 13.9. The van der Waals surface area contributed by atoms with E-state index in [-0.39, 0.29) is 18.9 Å². The number of rotatable bonds is 11. The van der Waals surface area contributed by atoms with Crippen LogP contribution in [-0.4, -0.2) is 82.5 Å². The second-order valence-electron chi connectivity index (χ2n) is 12.7. The van der Waals surface area contributed by atoms with Crippen LogP contribution in [0.1, 0.15) is 23.2 Å². The lowest BCUT2D eigenvalue weighted by Crippen LogP contribution is -2.51. The number of carbonyl (C=O) groups is 4. The van der Waals surface area contributed by atoms with E-state index in [0.29, 0.717) is 51.1 Å². The summed E-state index contributed by atoms with van der Waals surface area (Å²) in [6, 6.07) is 19.0. The second-order valence-corrected chi connectivity index (χ2v) is 12.7. The van der Waals surface area contributed by atoms with Gasteiger partial charge in [-0.2, -0.15) is 0 Å². The number of carbonyl (C=O) groups excluding carboxylic acids is 2. The summed E-state index contributed by atoms with van der Waals surface area (Å²) in [6.45, 7) is -0.883. The maximum atomic E-state index is 13.9. The number of anilines is 2. The van der Waals surface area contributed by atoms with Gasteiger partial charge in [0, 0.05) is 83.7 Å². The minimum atomic E-state index is -1.16. The Morgan fingerprint density at radius 1 is 0.796 bits per heavy atom. The number of carboxylic acid groups (broad SMARTS) is 2. The fraction of sp³-hybridized carbons (Fsp3) is 0.154. The minimum absolute atomic E-state index is 0.0782. The first kappa shape index (κ1) is 35.1. The average molecular weight is 725 g/mol. The first-order chi connectivity index (χ1) is 26.1. The lowest BCUT2D eigenvalue weighted by Gasteiger charge is -2.32. The van der Waals surface area contributed by atoms with E-state index < -0.39 is 42.5 Å². The van der Waals surface area contributed by atoms with Crippen LogP contribution in [0.15, 0.2) is 109 Å². The van der Waals surface area contributed by atoms with Gasteiger partial charge in [0.15, 0.2) is 0 Å². The van der Waals surface area contributed by atoms with Gasteiger partial charge in [-0.15, -0.1) is 0 Å². The number of benzene rings is 2. The molecular formula is C39H32N8O7. The van der Waals surface area contributed by atoms with E-state index in [1.807, 2.05) is 36.4 Å². The van der Waals surface area contributed by atoms with Crippen LogP contribution in [0.25, 0.3) is 44.3 Å². The van der Waals surface area contributed by atoms with Gasteiger partial charge in [-0.3, -0.25) is 33.9 Å². The lowest BCUT2D eigenvalue weighted by atomic mass is 9.92. The van der Waals surface area contributed by atoms with Gasteiger partial charge < -0.3 is 30.3 Å². The second kappa shape index (κ2) is 15.1. The molecule has 6 aromatic rings. The van der Waals surface area contributed by atoms with Gasteiger partial charge in [0.05, 0.1) is 11.2 Å². The number of nitrogens with zero attached hydrogens (tertiary/aromatic N) is 6. The zero-order valence-corrected chi connectivity index (χ0v) is 28.5. The Kier molecular flexibility index (Phi) is 9.84. The number of pyridine rings is 3. The van der Waals surface area contributed by atoms with E-state index in [2.05, 4.69) is 30.6 Å². The van der Waals surface area contributed by atoms with Crippen LogP contribution in [-0.2, 0) is 20.9 Å². The third-order valence-corrected chi connectivity index (χ3v) is 8.95. The molecule has 0 saturated carbocycles. The molecule has 7 rings (SSSR count). The van der Waals surface area contributed by atoms with Crippen LogP contribution in [0, 0.1) is 0 Å². The highest BCUT2D eigenvalue weighted by molar-refractivity contribution is 6.04. The number of aromatic nitrogens is 5. The average Bonchev–Trinajstić information content (AvgIpc) is 3.17. The fourth-order valence-electron chi connectivity index (χ4n) is 6.43. The van der Waals surface area contributed by atoms with Gasteiger partial charge in [0.2, 0.25) is 5.91 Å². The zero-order valence-electron chi connectivity index (χ0n) is 28.5. The molecule has 1 atom stereocenters. The molecule has 54 heavy (non-hydrogen) atoms. The molecule has 1 saturated heterocycles. The number of amides is 2. The van der Waals surface area contributed by atoms with Crippen molar-refractivity contribution in [2.75, 3.05) is 18.4 Å². The minimum Gasteiger partial charge on any atom is -0.480 e. The van der Waals surface area contributed by atoms with Gasteiger partial charge in [-0.05, 0) is 71.6 Å². The van der Waals surface area contributed by atoms with Crippen LogP contribution in [0.5, 0.6) is 0 Å². The van der Waals surface area contributed by atoms with Crippen molar-refractivity contribution in [2.45, 2.75) is 25.4 Å². The monoisotopic (exact) mass is 724 g/mol. The number of hydrogen-bond acceptors (Lipinski definition) is 10. The highest BCUT2D eigenvalue weighted by atomic mass is 16.4. The van der Waals surface area contributed by atoms with Crippen molar-refractivity contribution in [3.05, 3.63) is 120 Å². The fourth-order valence-corrected chi connectivity index (χ4v) is 6.43. The quantitative estimate of drug-likeness (QED) is 0.148. The number of likely N-dealkylation sites (tertiary alicyclic amines) is 1. The largest absolute Gasteiger partial charge is 0.480 e. The van der Waals surface area contributed by atoms with Crippen LogP contribution in [0.4, 0.5) is 11.5 Å². The molecule has 4 aromatic heterocycles. The van der Waals surface area contributed by atoms with Crippen molar-refractivity contribution in [2.24, 2.45) is 0 Å². The van der Waals surface area contributed by atoms with Gasteiger partial charge in [-0.1, -0.05) is 12.1 Å². The molecule has 270 valence electrons. The molecule has 1 unspecified atom stereocenters. The smallest absolute Gasteiger partial charge is 0.323 e. The summed E-state index contributed by atoms with van der Waals surface area (Å²) >= 11 is 0. The molecule has 2 aromatic carbocycles. The molecule has 0 radical (unpaired) electrons. The van der Waals surface area contributed by atoms with E-state index in [4.69, 9.17) is 0 Å². The van der Waals surface area contributed by atoms with E-state index >= 15 is 0 Å². The van der Waals surface area contributed by atoms with E-state index in [0.717, 1.165) is 21.3 Å². The van der Waals surface area contributed by atoms with E-state index in [1.165, 1.54) is 29.6 Å². The first-order valence-electron chi connectivity index (χ1n) is 16.9. The molecule has 5 heterocycles. The van der Waals surface area contributed by atoms with Crippen molar-refractivity contribution >= 4 is 46.2 Å². The van der Waals surface area contributed by atoms with Gasteiger partial charge in [0.1, 0.15) is 25.2 Å². The maximum Gasteiger partial charge on any atom is 0.323 e. The van der Waals surface area contributed by atoms with Gasteiger partial charge in [0.25, 0.3) is 11.5 Å². The van der Waals surface area contributed by atoms with Crippen LogP contribution >= 0.6 is 0 Å². The standard InChI is InChI=1S/C39H32N8O7/c48-33-7-5-29(18-46(33)20-35(50)51)44-38-32-15-27(14-31(37(32)42-22-43-38)24-4-2-10-41-17-24)26-11-25(23-3-1-9-40-16-23)12-28(13-26)39(54)45-30-6-8-34(49)47(19-30)21-36(52)53/h1-5,7,9-18,22,30H,6,8,19-21H2,(H,45,54)(H,50,51)(H,52,53)(H,42,43,44). The van der Waals surface area contributed by atoms with Crippen LogP contribution in [0.2, 0.25) is 0 Å². The number of nitrogens with one attached hydrogen (secondary N) is 2. The summed E-state index contributed by atoms with van der Waals surface area (Å²) in [5, 5.41) is 25.4. The Hall–Kier alpha value is -7.29. The van der Waals surface area contributed by atoms with Crippen LogP contribution in [0.3, 0.4) is 0 Å². The number of aliphatic carboxylic acids is 2. The van der Waals surface area contributed by atoms with E-state index in [1.54, 1.807) is 43.0 Å². The Bertz CT molecular complexity index is 2470. The number of fused-ring (bicyclic) bond motifs is 1. The molecule has 1 aliphatic heterocycles. The first-order valence-corrected chi connectivity index (χ1v) is 16.9. The Labute approximate surface area is 307 Å². The third-order valence-electron chi connectivity index (χ3n) is 8.95. The molecule has 0 bridgehead atoms. The van der Waals surface area contributed by atoms with Gasteiger partial charge >= 0.3 is 11.9 Å². The summed E-state index contributed by atoms with van der Waals surface area (Å²) < 4.78 is 1.08. The Morgan fingerprint density at radius 3 is 2.20 bits per heavy atom. The lowest BCUT2D eigenvalue weighted by molar-refractivity contribution is -0.146. The predicted octanol–water partition coefficient (Wildman–Crippen LogP) is 4.22. The van der Waals surface area contributed by atoms with Crippen molar-refractivity contribution in [3.63, 3.8) is 0 Å². The highest BCUT2D eigenvalue weighted by Gasteiger charge is 2.28. The molecule has 1 fully saturated rings. The summed E-state index contributed by atoms with van der Waals surface area (Å²) in [4.78, 5) is 80.3. The van der Waals surface area contributed by atoms with E-state index in [9.17, 15) is 34.2 Å². The van der Waals surface area contributed by atoms with Crippen LogP contribution < -0.4 is 16.2 Å². The SMILES string of the molecule is O=C(O)CN1CC(NC(=O)c2cc(-c3cccnc3)cc(-c3cc(-c4cccnc4)c4ncnc(Nc5ccc(=O)n(CC(=O)O)c5)c4c3)c2)CCC1=O. The van der Waals surface area contributed by atoms with Crippen molar-refractivity contribution < 1.29 is 29.4 Å². The molecule has 2 amide bonds. The van der Waals surface area contributed by atoms with Gasteiger partial charge in [-0.25, -0.2) is 9.97 Å². The number of piperidine rings is 1. The molecule has 0 aliphatic carbocycles. The van der Waals surface area contributed by atoms with Crippen molar-refractivity contribution in [1.82, 2.24) is 34.7 Å². The predicted molar refractivity (Wildman–Crippen MR) is 198 cm³/mol. The number of carboxylic acids is 2. The summed E-state index contributed by atoms with van der Waals surface area (Å²) in [5.41, 5.74) is 5.20. The molecule has 0 spiro atoms. The molecular weight excluding hydrogens is 692 g/mol. The third kappa shape index (κ3) is 7.79. The topological polar surface area (TPSA) is 210 Å². The van der Waals surface area contributed by atoms with Crippen molar-refractivity contribution in [1.29, 1.82) is 0 Å². The number of hydrogen-bond donors (Lipinski definition) is 4. The Morgan fingerprint density at radius 2 is 1.50 bits per heavy atom. The summed E-state index contributed by atoms with van der Waals surface area (Å²) in [6.07, 6.45) is 10.0. The summed E-state index contributed by atoms with van der Waals surface area (Å²) in [7, 11) is 0. The summed E-state index contributed by atoms with van der Waals surface area (Å²) in [5.74, 6) is -2.58. The molecule has 15 nitrogen and oxygen atoms in total. The van der Waals surface area contributed by atoms with Crippen molar-refractivity contribution in [3.8, 4) is 33.4 Å². The normalized spacial score (nSPS) is 14.1. The molecule has 1 aliphatic rings. The highest BCUT2D eigenvalue weighted by Crippen LogP contribution is 2.37.